The van der Waals surface area contributed by atoms with Crippen molar-refractivity contribution in [1.29, 1.82) is 0 Å². The molecular weight excluding hydrogens is 348 g/mol. The number of sulfonamides is 1. The van der Waals surface area contributed by atoms with Crippen LogP contribution in [0.3, 0.4) is 0 Å². The van der Waals surface area contributed by atoms with Crippen molar-refractivity contribution >= 4 is 27.5 Å². The number of amides is 1. The van der Waals surface area contributed by atoms with E-state index in [4.69, 9.17) is 11.6 Å². The number of carbonyl (C=O) groups is 1. The highest BCUT2D eigenvalue weighted by Gasteiger charge is 2.24. The van der Waals surface area contributed by atoms with E-state index in [2.05, 4.69) is 4.72 Å². The van der Waals surface area contributed by atoms with Gasteiger partial charge in [0, 0.05) is 13.1 Å². The topological polar surface area (TPSA) is 66.5 Å². The first-order valence-electron chi connectivity index (χ1n) is 7.51. The Morgan fingerprint density at radius 2 is 1.92 bits per heavy atom. The molecule has 0 aromatic heterocycles. The van der Waals surface area contributed by atoms with Crippen molar-refractivity contribution in [2.75, 3.05) is 13.6 Å². The molecule has 126 valence electrons. The first kappa shape index (κ1) is 17.0. The second-order valence-corrected chi connectivity index (χ2v) is 7.89. The van der Waals surface area contributed by atoms with Gasteiger partial charge in [-0.25, -0.2) is 13.1 Å². The molecule has 0 atom stereocenters. The lowest BCUT2D eigenvalue weighted by molar-refractivity contribution is 0.0735. The van der Waals surface area contributed by atoms with E-state index in [1.165, 1.54) is 7.05 Å². The van der Waals surface area contributed by atoms with E-state index in [1.54, 1.807) is 41.3 Å². The minimum atomic E-state index is -3.50. The fraction of sp³-hybridized carbons (Fsp3) is 0.235. The summed E-state index contributed by atoms with van der Waals surface area (Å²) < 4.78 is 26.2. The fourth-order valence-corrected chi connectivity index (χ4v) is 3.79. The number of nitrogens with zero attached hydrogens (tertiary/aromatic N) is 1. The normalized spacial score (nSPS) is 14.3. The number of fused-ring (bicyclic) bond motifs is 1. The molecular formula is C17H17ClN2O3S. The summed E-state index contributed by atoms with van der Waals surface area (Å²) in [5.74, 6) is -0.145. The van der Waals surface area contributed by atoms with Crippen LogP contribution in [0.2, 0.25) is 5.02 Å². The first-order chi connectivity index (χ1) is 11.4. The van der Waals surface area contributed by atoms with Gasteiger partial charge in [-0.05, 0) is 48.9 Å². The Kier molecular flexibility index (Phi) is 4.62. The standard InChI is InChI=1S/C17H17ClN2O3S/c1-19-24(22,23)14-7-6-12-8-9-20(11-13(12)10-14)17(21)15-4-2-3-5-16(15)18/h2-7,10,19H,8-9,11H2,1H3. The Bertz CT molecular complexity index is 896. The zero-order valence-electron chi connectivity index (χ0n) is 13.1. The Balaban J connectivity index is 1.90. The zero-order chi connectivity index (χ0) is 17.3. The molecule has 0 bridgehead atoms. The number of hydrogen-bond acceptors (Lipinski definition) is 3. The summed E-state index contributed by atoms with van der Waals surface area (Å²) in [6.07, 6.45) is 0.686. The predicted molar refractivity (Wildman–Crippen MR) is 92.6 cm³/mol. The molecule has 1 aliphatic heterocycles. The highest BCUT2D eigenvalue weighted by Crippen LogP contribution is 2.25. The molecule has 0 spiro atoms. The molecule has 0 unspecified atom stereocenters. The van der Waals surface area contributed by atoms with Crippen LogP contribution in [0.1, 0.15) is 21.5 Å². The number of nitrogens with one attached hydrogen (secondary N) is 1. The molecule has 0 fully saturated rings. The highest BCUT2D eigenvalue weighted by molar-refractivity contribution is 7.89. The molecule has 2 aromatic carbocycles. The molecule has 24 heavy (non-hydrogen) atoms. The highest BCUT2D eigenvalue weighted by atomic mass is 35.5. The third kappa shape index (κ3) is 3.17. The molecule has 1 aliphatic rings. The average Bonchev–Trinajstić information content (AvgIpc) is 2.60. The van der Waals surface area contributed by atoms with Gasteiger partial charge in [0.15, 0.2) is 0 Å². The van der Waals surface area contributed by atoms with Gasteiger partial charge in [-0.15, -0.1) is 0 Å². The first-order valence-corrected chi connectivity index (χ1v) is 9.37. The molecule has 5 nitrogen and oxygen atoms in total. The lowest BCUT2D eigenvalue weighted by Gasteiger charge is -2.29. The van der Waals surface area contributed by atoms with Gasteiger partial charge in [0.2, 0.25) is 10.0 Å². The maximum absolute atomic E-state index is 12.7. The molecule has 1 N–H and O–H groups in total. The van der Waals surface area contributed by atoms with E-state index in [-0.39, 0.29) is 10.8 Å². The summed E-state index contributed by atoms with van der Waals surface area (Å²) in [6.45, 7) is 0.946. The number of rotatable bonds is 3. The number of benzene rings is 2. The molecule has 2 aromatic rings. The molecule has 0 saturated carbocycles. The molecule has 1 heterocycles. The fourth-order valence-electron chi connectivity index (χ4n) is 2.80. The van der Waals surface area contributed by atoms with E-state index >= 15 is 0 Å². The Morgan fingerprint density at radius 1 is 1.17 bits per heavy atom. The van der Waals surface area contributed by atoms with Gasteiger partial charge in [-0.3, -0.25) is 4.79 Å². The summed E-state index contributed by atoms with van der Waals surface area (Å²) in [4.78, 5) is 14.6. The minimum absolute atomic E-state index is 0.145. The van der Waals surface area contributed by atoms with E-state index in [9.17, 15) is 13.2 Å². The molecule has 3 rings (SSSR count). The van der Waals surface area contributed by atoms with E-state index < -0.39 is 10.0 Å². The van der Waals surface area contributed by atoms with Crippen molar-refractivity contribution in [2.24, 2.45) is 0 Å². The number of halogens is 1. The van der Waals surface area contributed by atoms with Gasteiger partial charge in [0.25, 0.3) is 5.91 Å². The maximum atomic E-state index is 12.7. The minimum Gasteiger partial charge on any atom is -0.334 e. The van der Waals surface area contributed by atoms with Crippen LogP contribution in [0.4, 0.5) is 0 Å². The van der Waals surface area contributed by atoms with Gasteiger partial charge in [0.05, 0.1) is 15.5 Å². The molecule has 7 heteroatoms. The largest absolute Gasteiger partial charge is 0.334 e. The van der Waals surface area contributed by atoms with Crippen molar-refractivity contribution < 1.29 is 13.2 Å². The van der Waals surface area contributed by atoms with Gasteiger partial charge in [-0.2, -0.15) is 0 Å². The van der Waals surface area contributed by atoms with Gasteiger partial charge < -0.3 is 4.90 Å². The third-order valence-corrected chi connectivity index (χ3v) is 5.90. The van der Waals surface area contributed by atoms with Crippen LogP contribution < -0.4 is 4.72 Å². The Morgan fingerprint density at radius 3 is 2.62 bits per heavy atom. The summed E-state index contributed by atoms with van der Waals surface area (Å²) in [7, 11) is -2.13. The van der Waals surface area contributed by atoms with Crippen molar-refractivity contribution in [3.8, 4) is 0 Å². The monoisotopic (exact) mass is 364 g/mol. The van der Waals surface area contributed by atoms with Gasteiger partial charge in [-0.1, -0.05) is 29.8 Å². The second-order valence-electron chi connectivity index (χ2n) is 5.59. The van der Waals surface area contributed by atoms with E-state index in [0.29, 0.717) is 30.1 Å². The Hall–Kier alpha value is -1.89. The van der Waals surface area contributed by atoms with E-state index in [1.807, 2.05) is 6.07 Å². The van der Waals surface area contributed by atoms with E-state index in [0.717, 1.165) is 11.1 Å². The van der Waals surface area contributed by atoms with Crippen molar-refractivity contribution in [3.63, 3.8) is 0 Å². The van der Waals surface area contributed by atoms with Crippen molar-refractivity contribution in [1.82, 2.24) is 9.62 Å². The molecule has 0 saturated heterocycles. The Labute approximate surface area is 146 Å². The van der Waals surface area contributed by atoms with Crippen LogP contribution in [-0.2, 0) is 23.0 Å². The quantitative estimate of drug-likeness (QED) is 0.909. The van der Waals surface area contributed by atoms with Crippen LogP contribution in [-0.4, -0.2) is 32.8 Å². The number of carbonyl (C=O) groups excluding carboxylic acids is 1. The second kappa shape index (κ2) is 6.55. The number of hydrogen-bond donors (Lipinski definition) is 1. The molecule has 0 radical (unpaired) electrons. The summed E-state index contributed by atoms with van der Waals surface area (Å²) in [6, 6.07) is 12.0. The van der Waals surface area contributed by atoms with Crippen LogP contribution in [0.15, 0.2) is 47.4 Å². The van der Waals surface area contributed by atoms with Gasteiger partial charge in [0.1, 0.15) is 0 Å². The van der Waals surface area contributed by atoms with Crippen molar-refractivity contribution in [3.05, 3.63) is 64.2 Å². The summed E-state index contributed by atoms with van der Waals surface area (Å²) in [5, 5.41) is 0.416. The van der Waals surface area contributed by atoms with Gasteiger partial charge >= 0.3 is 0 Å². The van der Waals surface area contributed by atoms with Crippen molar-refractivity contribution in [2.45, 2.75) is 17.9 Å². The summed E-state index contributed by atoms with van der Waals surface area (Å²) in [5.41, 5.74) is 2.37. The molecule has 0 aliphatic carbocycles. The zero-order valence-corrected chi connectivity index (χ0v) is 14.7. The lowest BCUT2D eigenvalue weighted by Crippen LogP contribution is -2.36. The van der Waals surface area contributed by atoms with Crippen LogP contribution in [0.5, 0.6) is 0 Å². The average molecular weight is 365 g/mol. The van der Waals surface area contributed by atoms with Crippen LogP contribution in [0, 0.1) is 0 Å². The maximum Gasteiger partial charge on any atom is 0.255 e. The van der Waals surface area contributed by atoms with Crippen LogP contribution in [0.25, 0.3) is 0 Å². The summed E-state index contributed by atoms with van der Waals surface area (Å²) >= 11 is 6.11. The smallest absolute Gasteiger partial charge is 0.255 e. The lowest BCUT2D eigenvalue weighted by atomic mass is 9.99. The van der Waals surface area contributed by atoms with Crippen LogP contribution >= 0.6 is 11.6 Å². The predicted octanol–water partition coefficient (Wildman–Crippen LogP) is 2.45. The molecule has 1 amide bonds. The third-order valence-electron chi connectivity index (χ3n) is 4.16. The SMILES string of the molecule is CNS(=O)(=O)c1ccc2c(c1)CN(C(=O)c1ccccc1Cl)CC2.